The second-order valence-corrected chi connectivity index (χ2v) is 8.67. The Hall–Kier alpha value is -1.58. The SMILES string of the molecule is COCOC1CCC(SC(=O)c2[nH]ncc2NC(=O)c2c(Cl)cccc2Cl)CC1. The van der Waals surface area contributed by atoms with E-state index in [4.69, 9.17) is 32.7 Å². The minimum absolute atomic E-state index is 0.150. The standard InChI is InChI=1S/C19H21Cl2N3O4S/c1-27-10-28-11-5-7-12(8-6-11)29-19(26)17-15(9-22-24-17)23-18(25)16-13(20)3-2-4-14(16)21/h2-4,9,11-12H,5-8,10H2,1H3,(H,22,24)(H,23,25). The third-order valence-corrected chi connectivity index (χ3v) is 6.45. The second-order valence-electron chi connectivity index (χ2n) is 6.59. The Bertz CT molecular complexity index is 849. The molecule has 1 heterocycles. The number of anilines is 1. The number of H-pyrrole nitrogens is 1. The van der Waals surface area contributed by atoms with E-state index in [9.17, 15) is 9.59 Å². The molecule has 1 aliphatic rings. The van der Waals surface area contributed by atoms with Crippen LogP contribution < -0.4 is 5.32 Å². The number of carbonyl (C=O) groups is 2. The number of methoxy groups -OCH3 is 1. The van der Waals surface area contributed by atoms with E-state index >= 15 is 0 Å². The molecule has 0 unspecified atom stereocenters. The first kappa shape index (κ1) is 22.1. The van der Waals surface area contributed by atoms with Crippen molar-refractivity contribution < 1.29 is 19.1 Å². The van der Waals surface area contributed by atoms with Crippen molar-refractivity contribution in [1.82, 2.24) is 10.2 Å². The summed E-state index contributed by atoms with van der Waals surface area (Å²) in [5.41, 5.74) is 0.683. The first-order chi connectivity index (χ1) is 14.0. The normalized spacial score (nSPS) is 19.1. The summed E-state index contributed by atoms with van der Waals surface area (Å²) in [5.74, 6) is -0.503. The van der Waals surface area contributed by atoms with Crippen LogP contribution in [0.1, 0.15) is 46.5 Å². The van der Waals surface area contributed by atoms with Crippen molar-refractivity contribution in [3.05, 3.63) is 45.7 Å². The number of halogens is 2. The van der Waals surface area contributed by atoms with Crippen LogP contribution in [-0.2, 0) is 9.47 Å². The number of nitrogens with one attached hydrogen (secondary N) is 2. The van der Waals surface area contributed by atoms with Gasteiger partial charge in [-0.1, -0.05) is 41.0 Å². The monoisotopic (exact) mass is 457 g/mol. The molecule has 156 valence electrons. The van der Waals surface area contributed by atoms with Gasteiger partial charge in [-0.2, -0.15) is 5.10 Å². The molecule has 2 N–H and O–H groups in total. The van der Waals surface area contributed by atoms with E-state index < -0.39 is 5.91 Å². The topological polar surface area (TPSA) is 93.3 Å². The summed E-state index contributed by atoms with van der Waals surface area (Å²) in [5, 5.41) is 9.72. The quantitative estimate of drug-likeness (QED) is 0.581. The van der Waals surface area contributed by atoms with Crippen LogP contribution in [0.25, 0.3) is 0 Å². The number of benzene rings is 1. The van der Waals surface area contributed by atoms with Crippen LogP contribution in [0.4, 0.5) is 5.69 Å². The second kappa shape index (κ2) is 10.4. The first-order valence-electron chi connectivity index (χ1n) is 9.09. The van der Waals surface area contributed by atoms with Crippen molar-refractivity contribution in [2.75, 3.05) is 19.2 Å². The minimum Gasteiger partial charge on any atom is -0.359 e. The number of carbonyl (C=O) groups excluding carboxylic acids is 2. The number of rotatable bonds is 7. The fourth-order valence-electron chi connectivity index (χ4n) is 3.13. The van der Waals surface area contributed by atoms with E-state index in [2.05, 4.69) is 15.5 Å². The lowest BCUT2D eigenvalue weighted by Gasteiger charge is -2.27. The lowest BCUT2D eigenvalue weighted by molar-refractivity contribution is -0.0814. The number of aromatic amines is 1. The highest BCUT2D eigenvalue weighted by molar-refractivity contribution is 8.14. The average Bonchev–Trinajstić information content (AvgIpc) is 3.15. The lowest BCUT2D eigenvalue weighted by atomic mass is 9.97. The van der Waals surface area contributed by atoms with Gasteiger partial charge in [-0.15, -0.1) is 0 Å². The fraction of sp³-hybridized carbons (Fsp3) is 0.421. The van der Waals surface area contributed by atoms with Crippen LogP contribution in [0, 0.1) is 0 Å². The zero-order valence-electron chi connectivity index (χ0n) is 15.7. The molecule has 3 rings (SSSR count). The Kier molecular flexibility index (Phi) is 7.97. The van der Waals surface area contributed by atoms with E-state index in [1.54, 1.807) is 25.3 Å². The van der Waals surface area contributed by atoms with E-state index in [1.165, 1.54) is 18.0 Å². The fourth-order valence-corrected chi connectivity index (χ4v) is 4.78. The van der Waals surface area contributed by atoms with Gasteiger partial charge in [0.1, 0.15) is 12.5 Å². The smallest absolute Gasteiger partial charge is 0.258 e. The summed E-state index contributed by atoms with van der Waals surface area (Å²) in [6.07, 6.45) is 5.07. The predicted molar refractivity (Wildman–Crippen MR) is 114 cm³/mol. The molecule has 2 aromatic rings. The van der Waals surface area contributed by atoms with Crippen LogP contribution in [0.5, 0.6) is 0 Å². The Balaban J connectivity index is 1.60. The van der Waals surface area contributed by atoms with Crippen molar-refractivity contribution >= 4 is 51.7 Å². The molecule has 0 spiro atoms. The third kappa shape index (κ3) is 5.73. The molecule has 1 aromatic heterocycles. The van der Waals surface area contributed by atoms with Crippen LogP contribution >= 0.6 is 35.0 Å². The molecular weight excluding hydrogens is 437 g/mol. The molecule has 29 heavy (non-hydrogen) atoms. The highest BCUT2D eigenvalue weighted by Gasteiger charge is 2.27. The van der Waals surface area contributed by atoms with Crippen LogP contribution in [0.15, 0.2) is 24.4 Å². The number of thioether (sulfide) groups is 1. The van der Waals surface area contributed by atoms with Gasteiger partial charge < -0.3 is 14.8 Å². The zero-order valence-corrected chi connectivity index (χ0v) is 18.1. The Morgan fingerprint density at radius 2 is 1.93 bits per heavy atom. The highest BCUT2D eigenvalue weighted by atomic mass is 35.5. The van der Waals surface area contributed by atoms with E-state index in [1.807, 2.05) is 0 Å². The van der Waals surface area contributed by atoms with Gasteiger partial charge in [-0.05, 0) is 37.8 Å². The lowest BCUT2D eigenvalue weighted by Crippen LogP contribution is -2.24. The zero-order chi connectivity index (χ0) is 20.8. The number of nitrogens with zero attached hydrogens (tertiary/aromatic N) is 1. The molecule has 0 bridgehead atoms. The third-order valence-electron chi connectivity index (χ3n) is 4.60. The van der Waals surface area contributed by atoms with Crippen molar-refractivity contribution in [3.8, 4) is 0 Å². The predicted octanol–water partition coefficient (Wildman–Crippen LogP) is 4.77. The summed E-state index contributed by atoms with van der Waals surface area (Å²) in [4.78, 5) is 25.3. The minimum atomic E-state index is -0.503. The molecular formula is C19H21Cl2N3O4S. The summed E-state index contributed by atoms with van der Waals surface area (Å²) >= 11 is 13.4. The van der Waals surface area contributed by atoms with Crippen LogP contribution in [-0.4, -0.2) is 46.5 Å². The molecule has 0 radical (unpaired) electrons. The molecule has 1 saturated carbocycles. The maximum absolute atomic E-state index is 12.7. The summed E-state index contributed by atoms with van der Waals surface area (Å²) in [6, 6.07) is 4.80. The number of aromatic nitrogens is 2. The van der Waals surface area contributed by atoms with Crippen molar-refractivity contribution in [3.63, 3.8) is 0 Å². The molecule has 7 nitrogen and oxygen atoms in total. The van der Waals surface area contributed by atoms with Crippen LogP contribution in [0.3, 0.4) is 0 Å². The molecule has 1 aromatic carbocycles. The van der Waals surface area contributed by atoms with Crippen molar-refractivity contribution in [2.45, 2.75) is 37.0 Å². The van der Waals surface area contributed by atoms with Gasteiger partial charge in [0.2, 0.25) is 5.12 Å². The molecule has 0 atom stereocenters. The van der Waals surface area contributed by atoms with Crippen molar-refractivity contribution in [2.24, 2.45) is 0 Å². The molecule has 0 saturated heterocycles. The van der Waals surface area contributed by atoms with Crippen LogP contribution in [0.2, 0.25) is 10.0 Å². The van der Waals surface area contributed by atoms with E-state index in [-0.39, 0.29) is 44.6 Å². The van der Waals surface area contributed by atoms with E-state index in [0.717, 1.165) is 25.7 Å². The molecule has 1 fully saturated rings. The largest absolute Gasteiger partial charge is 0.359 e. The molecule has 1 aliphatic carbocycles. The van der Waals surface area contributed by atoms with Gasteiger partial charge in [-0.25, -0.2) is 0 Å². The summed E-state index contributed by atoms with van der Waals surface area (Å²) < 4.78 is 10.5. The number of hydrogen-bond acceptors (Lipinski definition) is 6. The van der Waals surface area contributed by atoms with Gasteiger partial charge in [0.25, 0.3) is 5.91 Å². The van der Waals surface area contributed by atoms with Gasteiger partial charge in [-0.3, -0.25) is 14.7 Å². The first-order valence-corrected chi connectivity index (χ1v) is 10.7. The van der Waals surface area contributed by atoms with Gasteiger partial charge in [0.15, 0.2) is 0 Å². The number of amides is 1. The molecule has 1 amide bonds. The summed E-state index contributed by atoms with van der Waals surface area (Å²) in [6.45, 7) is 0.286. The molecule has 0 aliphatic heterocycles. The number of ether oxygens (including phenoxy) is 2. The van der Waals surface area contributed by atoms with Gasteiger partial charge in [0.05, 0.1) is 33.6 Å². The maximum atomic E-state index is 12.7. The van der Waals surface area contributed by atoms with Gasteiger partial charge >= 0.3 is 0 Å². The Morgan fingerprint density at radius 3 is 2.59 bits per heavy atom. The Morgan fingerprint density at radius 1 is 1.24 bits per heavy atom. The van der Waals surface area contributed by atoms with E-state index in [0.29, 0.717) is 5.69 Å². The van der Waals surface area contributed by atoms with Crippen molar-refractivity contribution in [1.29, 1.82) is 0 Å². The van der Waals surface area contributed by atoms with Gasteiger partial charge in [0, 0.05) is 12.4 Å². The highest BCUT2D eigenvalue weighted by Crippen LogP contribution is 2.33. The average molecular weight is 458 g/mol. The maximum Gasteiger partial charge on any atom is 0.258 e. The number of hydrogen-bond donors (Lipinski definition) is 2. The summed E-state index contributed by atoms with van der Waals surface area (Å²) in [7, 11) is 1.60. The Labute approximate surface area is 182 Å². The molecule has 10 heteroatoms.